The van der Waals surface area contributed by atoms with Crippen molar-refractivity contribution in [2.24, 2.45) is 17.2 Å². The molecule has 1 aromatic heterocycles. The molecule has 0 fully saturated rings. The van der Waals surface area contributed by atoms with Gasteiger partial charge in [0.1, 0.15) is 5.82 Å². The Labute approximate surface area is 124 Å². The lowest BCUT2D eigenvalue weighted by Gasteiger charge is -2.02. The van der Waals surface area contributed by atoms with E-state index in [-0.39, 0.29) is 11.7 Å². The first-order chi connectivity index (χ1) is 10.1. The maximum Gasteiger partial charge on any atom is 0.292 e. The predicted octanol–water partition coefficient (Wildman–Crippen LogP) is 1.85. The van der Waals surface area contributed by atoms with Crippen molar-refractivity contribution in [2.75, 3.05) is 0 Å². The number of amides is 1. The first-order valence-electron chi connectivity index (χ1n) is 6.31. The van der Waals surface area contributed by atoms with Crippen LogP contribution in [0.15, 0.2) is 46.0 Å². The quantitative estimate of drug-likeness (QED) is 0.850. The number of benzene rings is 1. The minimum absolute atomic E-state index is 0.293. The number of aryl methyl sites for hydroxylation is 1. The maximum atomic E-state index is 13.2. The molecule has 1 aromatic carbocycles. The van der Waals surface area contributed by atoms with Crippen molar-refractivity contribution in [3.05, 3.63) is 52.0 Å². The molecule has 1 atom stereocenters. The molecule has 0 spiro atoms. The third kappa shape index (κ3) is 2.92. The fourth-order valence-corrected chi connectivity index (χ4v) is 2.68. The van der Waals surface area contributed by atoms with Crippen molar-refractivity contribution in [3.8, 4) is 0 Å². The predicted molar refractivity (Wildman–Crippen MR) is 76.3 cm³/mol. The summed E-state index contributed by atoms with van der Waals surface area (Å²) in [5.74, 6) is -0.733. The second-order valence-electron chi connectivity index (χ2n) is 4.59. The van der Waals surface area contributed by atoms with Crippen LogP contribution in [0.5, 0.6) is 0 Å². The molecule has 2 aromatic rings. The van der Waals surface area contributed by atoms with Crippen LogP contribution in [0.3, 0.4) is 0 Å². The van der Waals surface area contributed by atoms with Gasteiger partial charge in [-0.1, -0.05) is 17.3 Å². The lowest BCUT2D eigenvalue weighted by atomic mass is 10.0. The number of rotatable bonds is 2. The smallest absolute Gasteiger partial charge is 0.292 e. The molecule has 1 unspecified atom stereocenters. The second-order valence-corrected chi connectivity index (χ2v) is 5.47. The summed E-state index contributed by atoms with van der Waals surface area (Å²) in [7, 11) is 1.81. The largest absolute Gasteiger partial charge is 0.382 e. The number of nitrogens with zero attached hydrogens (tertiary/aromatic N) is 3. The van der Waals surface area contributed by atoms with Crippen LogP contribution in [-0.4, -0.2) is 22.3 Å². The van der Waals surface area contributed by atoms with Gasteiger partial charge in [0.25, 0.3) is 5.91 Å². The van der Waals surface area contributed by atoms with Crippen molar-refractivity contribution >= 4 is 23.0 Å². The van der Waals surface area contributed by atoms with E-state index in [1.54, 1.807) is 16.7 Å². The summed E-state index contributed by atoms with van der Waals surface area (Å²) >= 11 is 1.37. The van der Waals surface area contributed by atoms with Gasteiger partial charge in [-0.25, -0.2) is 4.39 Å². The Bertz CT molecular complexity index is 778. The molecule has 1 amide bonds. The van der Waals surface area contributed by atoms with Crippen LogP contribution in [0, 0.1) is 5.82 Å². The molecule has 108 valence electrons. The summed E-state index contributed by atoms with van der Waals surface area (Å²) in [6.45, 7) is 0. The number of hydrogen-bond acceptors (Lipinski definition) is 4. The molecular formula is C14H12FN3O2S. The summed E-state index contributed by atoms with van der Waals surface area (Å²) in [6.07, 6.45) is 1.37. The molecule has 0 saturated heterocycles. The zero-order valence-electron chi connectivity index (χ0n) is 11.2. The van der Waals surface area contributed by atoms with E-state index in [1.165, 1.54) is 23.5 Å². The van der Waals surface area contributed by atoms with Crippen molar-refractivity contribution in [3.63, 3.8) is 0 Å². The molecule has 5 nitrogen and oxygen atoms in total. The Morgan fingerprint density at radius 3 is 3.14 bits per heavy atom. The van der Waals surface area contributed by atoms with Gasteiger partial charge in [0.2, 0.25) is 6.10 Å². The standard InChI is InChI=1S/C14H12FN3O2S/c1-18-5-6-21-14(18)16-13(19)12-8-11(17-20-12)9-3-2-4-10(15)7-9/h2-7,12H,8H2,1H3. The van der Waals surface area contributed by atoms with Crippen molar-refractivity contribution in [1.29, 1.82) is 0 Å². The third-order valence-corrected chi connectivity index (χ3v) is 3.92. The first kappa shape index (κ1) is 13.7. The molecule has 1 aliphatic heterocycles. The molecule has 0 radical (unpaired) electrons. The highest BCUT2D eigenvalue weighted by Crippen LogP contribution is 2.18. The fraction of sp³-hybridized carbons (Fsp3) is 0.214. The monoisotopic (exact) mass is 305 g/mol. The van der Waals surface area contributed by atoms with E-state index in [2.05, 4.69) is 10.1 Å². The molecule has 0 aliphatic carbocycles. The highest BCUT2D eigenvalue weighted by Gasteiger charge is 2.28. The molecule has 0 saturated carbocycles. The Balaban J connectivity index is 1.75. The summed E-state index contributed by atoms with van der Waals surface area (Å²) < 4.78 is 14.9. The average molecular weight is 305 g/mol. The van der Waals surface area contributed by atoms with Crippen LogP contribution in [0.2, 0.25) is 0 Å². The van der Waals surface area contributed by atoms with Gasteiger partial charge in [-0.2, -0.15) is 4.99 Å². The molecule has 2 heterocycles. The summed E-state index contributed by atoms with van der Waals surface area (Å²) in [4.78, 5) is 21.8. The zero-order chi connectivity index (χ0) is 14.8. The van der Waals surface area contributed by atoms with Crippen LogP contribution >= 0.6 is 11.3 Å². The summed E-state index contributed by atoms with van der Waals surface area (Å²) in [5, 5.41) is 5.71. The second kappa shape index (κ2) is 5.61. The van der Waals surface area contributed by atoms with Crippen molar-refractivity contribution < 1.29 is 14.0 Å². The van der Waals surface area contributed by atoms with Crippen molar-refractivity contribution in [2.45, 2.75) is 12.5 Å². The normalized spacial score (nSPS) is 18.5. The zero-order valence-corrected chi connectivity index (χ0v) is 12.0. The molecule has 3 rings (SSSR count). The van der Waals surface area contributed by atoms with Crippen LogP contribution < -0.4 is 4.80 Å². The number of thiazole rings is 1. The van der Waals surface area contributed by atoms with E-state index < -0.39 is 6.10 Å². The first-order valence-corrected chi connectivity index (χ1v) is 7.19. The van der Waals surface area contributed by atoms with E-state index in [9.17, 15) is 9.18 Å². The van der Waals surface area contributed by atoms with Gasteiger partial charge in [-0.05, 0) is 12.1 Å². The highest BCUT2D eigenvalue weighted by molar-refractivity contribution is 7.07. The number of aromatic nitrogens is 1. The van der Waals surface area contributed by atoms with Gasteiger partial charge >= 0.3 is 0 Å². The Morgan fingerprint density at radius 1 is 1.57 bits per heavy atom. The fourth-order valence-electron chi connectivity index (χ4n) is 1.95. The van der Waals surface area contributed by atoms with E-state index >= 15 is 0 Å². The number of oxime groups is 1. The van der Waals surface area contributed by atoms with Crippen LogP contribution in [0.1, 0.15) is 12.0 Å². The van der Waals surface area contributed by atoms with Gasteiger partial charge in [0.15, 0.2) is 4.80 Å². The average Bonchev–Trinajstić information content (AvgIpc) is 3.09. The molecule has 1 aliphatic rings. The van der Waals surface area contributed by atoms with E-state index in [0.717, 1.165) is 0 Å². The van der Waals surface area contributed by atoms with Crippen LogP contribution in [0.25, 0.3) is 0 Å². The minimum atomic E-state index is -0.745. The summed E-state index contributed by atoms with van der Waals surface area (Å²) in [6, 6.07) is 6.05. The molecule has 0 N–H and O–H groups in total. The lowest BCUT2D eigenvalue weighted by molar-refractivity contribution is -0.127. The van der Waals surface area contributed by atoms with Crippen molar-refractivity contribution in [1.82, 2.24) is 4.57 Å². The van der Waals surface area contributed by atoms with Gasteiger partial charge in [0.05, 0.1) is 5.71 Å². The summed E-state index contributed by atoms with van der Waals surface area (Å²) in [5.41, 5.74) is 1.17. The Kier molecular flexibility index (Phi) is 3.66. The lowest BCUT2D eigenvalue weighted by Crippen LogP contribution is -2.23. The molecule has 7 heteroatoms. The van der Waals surface area contributed by atoms with Gasteiger partial charge < -0.3 is 9.40 Å². The van der Waals surface area contributed by atoms with Gasteiger partial charge in [-0.15, -0.1) is 11.3 Å². The van der Waals surface area contributed by atoms with E-state index in [4.69, 9.17) is 4.84 Å². The van der Waals surface area contributed by atoms with Gasteiger partial charge in [-0.3, -0.25) is 4.79 Å². The number of halogens is 1. The third-order valence-electron chi connectivity index (χ3n) is 3.07. The molecule has 0 bridgehead atoms. The van der Waals surface area contributed by atoms with Crippen LogP contribution in [0.4, 0.5) is 4.39 Å². The Morgan fingerprint density at radius 2 is 2.43 bits per heavy atom. The Hall–Kier alpha value is -2.28. The minimum Gasteiger partial charge on any atom is -0.382 e. The number of carbonyl (C=O) groups is 1. The SMILES string of the molecule is Cn1ccsc1=NC(=O)C1CC(c2cccc(F)c2)=NO1. The number of hydrogen-bond donors (Lipinski definition) is 0. The molecular weight excluding hydrogens is 293 g/mol. The van der Waals surface area contributed by atoms with E-state index in [1.807, 2.05) is 18.6 Å². The highest BCUT2D eigenvalue weighted by atomic mass is 32.1. The number of carbonyl (C=O) groups excluding carboxylic acids is 1. The topological polar surface area (TPSA) is 56.0 Å². The molecule has 21 heavy (non-hydrogen) atoms. The van der Waals surface area contributed by atoms with Gasteiger partial charge in [0, 0.05) is 30.6 Å². The maximum absolute atomic E-state index is 13.2. The van der Waals surface area contributed by atoms with E-state index in [0.29, 0.717) is 22.5 Å². The van der Waals surface area contributed by atoms with Crippen LogP contribution in [-0.2, 0) is 16.7 Å².